The van der Waals surface area contributed by atoms with Gasteiger partial charge in [0, 0.05) is 36.8 Å². The third-order valence-electron chi connectivity index (χ3n) is 18.7. The zero-order valence-electron chi connectivity index (χ0n) is 59.9. The van der Waals surface area contributed by atoms with Crippen LogP contribution < -0.4 is 66.3 Å². The highest BCUT2D eigenvalue weighted by Crippen LogP contribution is 2.47. The van der Waals surface area contributed by atoms with Crippen molar-refractivity contribution >= 4 is 23.9 Å². The summed E-state index contributed by atoms with van der Waals surface area (Å²) in [5.41, 5.74) is 6.88. The maximum atomic E-state index is 14.7. The van der Waals surface area contributed by atoms with Crippen LogP contribution in [0.4, 0.5) is 0 Å². The summed E-state index contributed by atoms with van der Waals surface area (Å²) in [5.74, 6) is 3.70. The molecule has 0 bridgehead atoms. The van der Waals surface area contributed by atoms with E-state index in [-0.39, 0.29) is 60.2 Å². The van der Waals surface area contributed by atoms with Crippen LogP contribution in [0.25, 0.3) is 0 Å². The monoisotopic (exact) mass is 1380 g/mol. The number of quaternary nitrogens is 2. The van der Waals surface area contributed by atoms with E-state index < -0.39 is 36.1 Å². The average molecular weight is 1380 g/mol. The van der Waals surface area contributed by atoms with Crippen molar-refractivity contribution in [2.45, 2.75) is 82.1 Å². The SMILES string of the molecule is COc1ccc(CC2c3cc(OC)c(OC)cc3CC[N+]2(C)CC(OC(=O)Cc2cc(OC)c(OC)c(OC)c2)C(=O)OCCCCCOC(=O)C(C[N+]2(C)CCc3cc(OC)c(OC)cc3C2Cc2ccc(OC)c(OC)c2)OC(=O)Cc2cc(OC)c(OC)c(OC)c2)cc1OC. The van der Waals surface area contributed by atoms with Crippen LogP contribution >= 0.6 is 0 Å². The smallest absolute Gasteiger partial charge is 0.353 e. The summed E-state index contributed by atoms with van der Waals surface area (Å²) in [6.07, 6.45) is 0.0411. The van der Waals surface area contributed by atoms with Crippen molar-refractivity contribution in [3.05, 3.63) is 129 Å². The van der Waals surface area contributed by atoms with E-state index in [1.54, 1.807) is 81.1 Å². The number of hydrogen-bond acceptors (Lipinski definition) is 22. The highest BCUT2D eigenvalue weighted by Gasteiger charge is 2.47. The van der Waals surface area contributed by atoms with Crippen molar-refractivity contribution in [1.82, 2.24) is 0 Å². The molecular formula is C75H96N2O22+2. The van der Waals surface area contributed by atoms with E-state index in [1.165, 1.54) is 42.7 Å². The Labute approximate surface area is 580 Å². The van der Waals surface area contributed by atoms with Crippen LogP contribution in [-0.2, 0) is 76.7 Å². The summed E-state index contributed by atoms with van der Waals surface area (Å²) in [6, 6.07) is 25.4. The molecule has 24 heteroatoms. The minimum Gasteiger partial charge on any atom is -0.493 e. The van der Waals surface area contributed by atoms with Crippen LogP contribution in [-0.4, -0.2) is 198 Å². The molecule has 6 aromatic carbocycles. The van der Waals surface area contributed by atoms with Gasteiger partial charge in [-0.3, -0.25) is 9.59 Å². The Bertz CT molecular complexity index is 3490. The van der Waals surface area contributed by atoms with Gasteiger partial charge < -0.3 is 94.2 Å². The summed E-state index contributed by atoms with van der Waals surface area (Å²) < 4.78 is 104. The van der Waals surface area contributed by atoms with Crippen LogP contribution in [0.3, 0.4) is 0 Å². The Morgan fingerprint density at radius 3 is 0.980 bits per heavy atom. The van der Waals surface area contributed by atoms with Gasteiger partial charge in [0.15, 0.2) is 69.0 Å². The molecular weight excluding hydrogens is 1280 g/mol. The third-order valence-corrected chi connectivity index (χ3v) is 18.7. The molecule has 0 saturated carbocycles. The maximum absolute atomic E-state index is 14.7. The van der Waals surface area contributed by atoms with E-state index in [0.29, 0.717) is 150 Å². The van der Waals surface area contributed by atoms with Crippen molar-refractivity contribution in [3.63, 3.8) is 0 Å². The molecule has 99 heavy (non-hydrogen) atoms. The number of fused-ring (bicyclic) bond motifs is 2. The second-order valence-electron chi connectivity index (χ2n) is 24.7. The Hall–Kier alpha value is -9.68. The number of rotatable bonds is 36. The molecule has 2 aliphatic rings. The molecule has 8 rings (SSSR count). The Kier molecular flexibility index (Phi) is 26.3. The largest absolute Gasteiger partial charge is 0.493 e. The lowest BCUT2D eigenvalue weighted by Crippen LogP contribution is -2.57. The van der Waals surface area contributed by atoms with Crippen molar-refractivity contribution in [2.75, 3.05) is 153 Å². The second-order valence-corrected chi connectivity index (χ2v) is 24.7. The molecule has 0 aliphatic carbocycles. The van der Waals surface area contributed by atoms with Crippen molar-refractivity contribution in [2.24, 2.45) is 0 Å². The predicted octanol–water partition coefficient (Wildman–Crippen LogP) is 9.65. The van der Waals surface area contributed by atoms with Gasteiger partial charge >= 0.3 is 23.9 Å². The van der Waals surface area contributed by atoms with Gasteiger partial charge in [-0.05, 0) is 125 Å². The molecule has 24 nitrogen and oxygen atoms in total. The first-order chi connectivity index (χ1) is 47.7. The average Bonchev–Trinajstić information content (AvgIpc) is 0.758. The molecule has 6 atom stereocenters. The van der Waals surface area contributed by atoms with Gasteiger partial charge in [-0.15, -0.1) is 0 Å². The molecule has 0 spiro atoms. The third kappa shape index (κ3) is 17.8. The summed E-state index contributed by atoms with van der Waals surface area (Å²) in [5, 5.41) is 0. The molecule has 0 fully saturated rings. The Morgan fingerprint density at radius 2 is 0.667 bits per heavy atom. The topological polar surface area (TPSA) is 234 Å². The van der Waals surface area contributed by atoms with Gasteiger partial charge in [0.05, 0.1) is 153 Å². The molecule has 6 aromatic rings. The van der Waals surface area contributed by atoms with E-state index in [4.69, 9.17) is 85.3 Å². The van der Waals surface area contributed by atoms with Crippen LogP contribution in [0, 0.1) is 0 Å². The molecule has 0 amide bonds. The fourth-order valence-electron chi connectivity index (χ4n) is 13.4. The number of esters is 4. The highest BCUT2D eigenvalue weighted by molar-refractivity contribution is 5.82. The zero-order valence-corrected chi connectivity index (χ0v) is 59.9. The van der Waals surface area contributed by atoms with Crippen LogP contribution in [0.1, 0.15) is 75.9 Å². The predicted molar refractivity (Wildman–Crippen MR) is 365 cm³/mol. The van der Waals surface area contributed by atoms with Gasteiger partial charge in [0.2, 0.25) is 23.7 Å². The van der Waals surface area contributed by atoms with Crippen molar-refractivity contribution in [3.8, 4) is 80.5 Å². The molecule has 6 unspecified atom stereocenters. The van der Waals surface area contributed by atoms with Gasteiger partial charge in [-0.1, -0.05) is 12.1 Å². The van der Waals surface area contributed by atoms with Crippen LogP contribution in [0.15, 0.2) is 84.9 Å². The van der Waals surface area contributed by atoms with Crippen molar-refractivity contribution < 1.29 is 113 Å². The molecule has 536 valence electrons. The lowest BCUT2D eigenvalue weighted by Gasteiger charge is -2.47. The summed E-state index contributed by atoms with van der Waals surface area (Å²) in [7, 11) is 25.7. The lowest BCUT2D eigenvalue weighted by atomic mass is 9.86. The molecule has 0 N–H and O–H groups in total. The number of methoxy groups -OCH3 is 14. The first kappa shape index (κ1) is 75.1. The van der Waals surface area contributed by atoms with Crippen LogP contribution in [0.5, 0.6) is 80.5 Å². The minimum atomic E-state index is -1.38. The normalized spacial score (nSPS) is 17.3. The van der Waals surface area contributed by atoms with Crippen LogP contribution in [0.2, 0.25) is 0 Å². The van der Waals surface area contributed by atoms with E-state index in [9.17, 15) is 19.2 Å². The molecule has 2 heterocycles. The molecule has 0 radical (unpaired) electrons. The number of benzene rings is 6. The minimum absolute atomic E-state index is 0.0277. The van der Waals surface area contributed by atoms with E-state index in [0.717, 1.165) is 33.4 Å². The first-order valence-electron chi connectivity index (χ1n) is 32.6. The van der Waals surface area contributed by atoms with Crippen molar-refractivity contribution in [1.29, 1.82) is 0 Å². The van der Waals surface area contributed by atoms with E-state index >= 15 is 0 Å². The lowest BCUT2D eigenvalue weighted by molar-refractivity contribution is -0.943. The van der Waals surface area contributed by atoms with Gasteiger partial charge in [-0.25, -0.2) is 9.59 Å². The summed E-state index contributed by atoms with van der Waals surface area (Å²) >= 11 is 0. The zero-order chi connectivity index (χ0) is 71.6. The summed E-state index contributed by atoms with van der Waals surface area (Å²) in [4.78, 5) is 58.1. The highest BCUT2D eigenvalue weighted by atomic mass is 16.6. The fourth-order valence-corrected chi connectivity index (χ4v) is 13.4. The Morgan fingerprint density at radius 1 is 0.364 bits per heavy atom. The second kappa shape index (κ2) is 34.7. The molecule has 0 saturated heterocycles. The number of hydrogen-bond donors (Lipinski definition) is 0. The molecule has 0 aromatic heterocycles. The number of carbonyl (C=O) groups excluding carboxylic acids is 4. The van der Waals surface area contributed by atoms with Gasteiger partial charge in [-0.2, -0.15) is 0 Å². The number of nitrogens with zero attached hydrogens (tertiary/aromatic N) is 2. The number of likely N-dealkylation sites (N-methyl/N-ethyl adjacent to an activating group) is 2. The van der Waals surface area contributed by atoms with Gasteiger partial charge in [0.25, 0.3) is 0 Å². The number of ether oxygens (including phenoxy) is 18. The number of unbranched alkanes of at least 4 members (excludes halogenated alkanes) is 2. The maximum Gasteiger partial charge on any atom is 0.353 e. The molecule has 2 aliphatic heterocycles. The van der Waals surface area contributed by atoms with E-state index in [1.807, 2.05) is 74.8 Å². The van der Waals surface area contributed by atoms with Gasteiger partial charge in [0.1, 0.15) is 25.2 Å². The first-order valence-corrected chi connectivity index (χ1v) is 32.6. The standard InChI is InChI=1S/C75H96N2O22/c1-76(26-24-50-40-60(86-7)62(88-9)42-52(50)54(76)30-46-20-22-56(82-3)58(32-46)84-5)44-68(98-70(78)38-48-34-64(90-11)72(94-15)65(35-48)91-12)74(80)96-28-18-17-19-29-97-75(81)69(99-71(79)39-49-36-66(92-13)73(95-16)67(37-49)93-14)45-77(2)27-25-51-41-61(87-8)63(89-10)43-53(51)55(77)31-47-21-23-57(83-4)59(33-47)85-6/h20-23,32-37,40-43,54-55,68-69H,17-19,24-31,38-39,44-45H2,1-16H3/q+2. The number of carbonyl (C=O) groups is 4. The Balaban J connectivity index is 1.02. The fraction of sp³-hybridized carbons (Fsp3) is 0.467. The summed E-state index contributed by atoms with van der Waals surface area (Å²) in [6.45, 7) is 1.03. The quantitative estimate of drug-likeness (QED) is 0.0154. The van der Waals surface area contributed by atoms with E-state index in [2.05, 4.69) is 0 Å².